The first-order chi connectivity index (χ1) is 13.8. The van der Waals surface area contributed by atoms with Crippen LogP contribution in [0.2, 0.25) is 0 Å². The molecule has 0 spiro atoms. The van der Waals surface area contributed by atoms with Crippen molar-refractivity contribution < 1.29 is 4.79 Å². The van der Waals surface area contributed by atoms with Gasteiger partial charge in [0.25, 0.3) is 5.91 Å². The molecule has 0 saturated heterocycles. The molecule has 28 heavy (non-hydrogen) atoms. The van der Waals surface area contributed by atoms with Crippen LogP contribution >= 0.6 is 0 Å². The summed E-state index contributed by atoms with van der Waals surface area (Å²) in [5.74, 6) is -0.350. The fraction of sp³-hybridized carbons (Fsp3) is 0.0909. The monoisotopic (exact) mass is 367 g/mol. The van der Waals surface area contributed by atoms with Gasteiger partial charge in [-0.05, 0) is 52.9 Å². The standard InChI is InChI=1S/C22H17N5O/c28-22(27-24-13-16-5-1-2-11-23-16)20-12-19(25-26-20)17-10-9-15-8-7-14-4-3-6-18(17)21(14)15/h1-6,9-13H,7-8H2,(H,25,26)(H,27,28)/b24-13-. The molecule has 1 aliphatic carbocycles. The highest BCUT2D eigenvalue weighted by atomic mass is 16.2. The molecule has 2 aromatic carbocycles. The van der Waals surface area contributed by atoms with Gasteiger partial charge >= 0.3 is 0 Å². The third-order valence-electron chi connectivity index (χ3n) is 5.03. The van der Waals surface area contributed by atoms with Crippen molar-refractivity contribution in [3.63, 3.8) is 0 Å². The predicted octanol–water partition coefficient (Wildman–Crippen LogP) is 3.49. The van der Waals surface area contributed by atoms with Crippen LogP contribution in [-0.2, 0) is 12.8 Å². The van der Waals surface area contributed by atoms with Gasteiger partial charge in [-0.25, -0.2) is 5.43 Å². The Kier molecular flexibility index (Phi) is 3.94. The number of rotatable bonds is 4. The number of carbonyl (C=O) groups is 1. The van der Waals surface area contributed by atoms with E-state index in [1.54, 1.807) is 18.3 Å². The summed E-state index contributed by atoms with van der Waals surface area (Å²) in [7, 11) is 0. The number of nitrogens with one attached hydrogen (secondary N) is 2. The molecule has 0 bridgehead atoms. The van der Waals surface area contributed by atoms with Gasteiger partial charge in [0.2, 0.25) is 0 Å². The van der Waals surface area contributed by atoms with Crippen LogP contribution in [0.1, 0.15) is 27.3 Å². The topological polar surface area (TPSA) is 83.0 Å². The number of H-pyrrole nitrogens is 1. The fourth-order valence-corrected chi connectivity index (χ4v) is 3.72. The SMILES string of the molecule is O=C(N/N=C\c1ccccn1)c1cc(-c2ccc3c4c(cccc24)CC3)n[nH]1. The highest BCUT2D eigenvalue weighted by Gasteiger charge is 2.18. The van der Waals surface area contributed by atoms with E-state index in [-0.39, 0.29) is 5.91 Å². The van der Waals surface area contributed by atoms with E-state index in [1.165, 1.54) is 28.1 Å². The Balaban J connectivity index is 1.40. The molecule has 136 valence electrons. The van der Waals surface area contributed by atoms with Crippen LogP contribution in [0, 0.1) is 0 Å². The Morgan fingerprint density at radius 2 is 1.96 bits per heavy atom. The molecule has 0 unspecified atom stereocenters. The lowest BCUT2D eigenvalue weighted by atomic mass is 9.98. The van der Waals surface area contributed by atoms with Crippen LogP contribution in [-0.4, -0.2) is 27.3 Å². The second kappa shape index (κ2) is 6.74. The minimum atomic E-state index is -0.350. The average Bonchev–Trinajstić information content (AvgIpc) is 3.38. The van der Waals surface area contributed by atoms with Crippen LogP contribution in [0.25, 0.3) is 22.0 Å². The maximum absolute atomic E-state index is 12.3. The van der Waals surface area contributed by atoms with Crippen LogP contribution < -0.4 is 5.43 Å². The van der Waals surface area contributed by atoms with E-state index < -0.39 is 0 Å². The zero-order valence-electron chi connectivity index (χ0n) is 15.0. The van der Waals surface area contributed by atoms with Crippen LogP contribution in [0.5, 0.6) is 0 Å². The summed E-state index contributed by atoms with van der Waals surface area (Å²) < 4.78 is 0. The predicted molar refractivity (Wildman–Crippen MR) is 108 cm³/mol. The van der Waals surface area contributed by atoms with Crippen LogP contribution in [0.3, 0.4) is 0 Å². The Morgan fingerprint density at radius 3 is 2.82 bits per heavy atom. The number of aromatic nitrogens is 3. The van der Waals surface area contributed by atoms with Crippen molar-refractivity contribution in [3.05, 3.63) is 83.3 Å². The van der Waals surface area contributed by atoms with E-state index in [2.05, 4.69) is 56.0 Å². The Labute approximate surface area is 161 Å². The largest absolute Gasteiger partial charge is 0.289 e. The van der Waals surface area contributed by atoms with Gasteiger partial charge in [-0.1, -0.05) is 36.4 Å². The lowest BCUT2D eigenvalue weighted by molar-refractivity contribution is 0.0950. The normalized spacial score (nSPS) is 12.7. The molecular formula is C22H17N5O. The maximum atomic E-state index is 12.3. The van der Waals surface area contributed by atoms with Gasteiger partial charge < -0.3 is 0 Å². The number of amides is 1. The minimum Gasteiger partial charge on any atom is -0.272 e. The first-order valence-electron chi connectivity index (χ1n) is 9.13. The number of benzene rings is 2. The van der Waals surface area contributed by atoms with Gasteiger partial charge in [0.1, 0.15) is 5.69 Å². The van der Waals surface area contributed by atoms with Gasteiger partial charge in [-0.2, -0.15) is 10.2 Å². The van der Waals surface area contributed by atoms with Gasteiger partial charge in [-0.3, -0.25) is 14.9 Å². The Bertz CT molecular complexity index is 1200. The second-order valence-corrected chi connectivity index (χ2v) is 6.73. The van der Waals surface area contributed by atoms with Crippen molar-refractivity contribution in [1.82, 2.24) is 20.6 Å². The molecule has 6 nitrogen and oxygen atoms in total. The summed E-state index contributed by atoms with van der Waals surface area (Å²) >= 11 is 0. The zero-order chi connectivity index (χ0) is 18.9. The molecule has 6 heteroatoms. The average molecular weight is 367 g/mol. The summed E-state index contributed by atoms with van der Waals surface area (Å²) in [5.41, 5.74) is 8.05. The highest BCUT2D eigenvalue weighted by Crippen LogP contribution is 2.36. The Hall–Kier alpha value is -3.80. The smallest absolute Gasteiger partial charge is 0.272 e. The molecule has 0 saturated carbocycles. The number of carbonyl (C=O) groups excluding carboxylic acids is 1. The summed E-state index contributed by atoms with van der Waals surface area (Å²) in [6.07, 6.45) is 5.33. The fourth-order valence-electron chi connectivity index (χ4n) is 3.72. The molecule has 1 amide bonds. The van der Waals surface area contributed by atoms with Crippen molar-refractivity contribution in [2.45, 2.75) is 12.8 Å². The third-order valence-corrected chi connectivity index (χ3v) is 5.03. The Morgan fingerprint density at radius 1 is 1.07 bits per heavy atom. The molecule has 0 radical (unpaired) electrons. The van der Waals surface area contributed by atoms with Crippen molar-refractivity contribution in [2.24, 2.45) is 5.10 Å². The molecular weight excluding hydrogens is 350 g/mol. The van der Waals surface area contributed by atoms with E-state index in [4.69, 9.17) is 0 Å². The molecule has 1 aliphatic rings. The third kappa shape index (κ3) is 2.85. The first-order valence-corrected chi connectivity index (χ1v) is 9.13. The van der Waals surface area contributed by atoms with Gasteiger partial charge in [0.15, 0.2) is 0 Å². The number of hydrogen-bond donors (Lipinski definition) is 2. The number of hydrazone groups is 1. The van der Waals surface area contributed by atoms with Gasteiger partial charge in [-0.15, -0.1) is 0 Å². The quantitative estimate of drug-likeness (QED) is 0.428. The van der Waals surface area contributed by atoms with Crippen molar-refractivity contribution >= 4 is 22.9 Å². The minimum absolute atomic E-state index is 0.350. The van der Waals surface area contributed by atoms with E-state index >= 15 is 0 Å². The maximum Gasteiger partial charge on any atom is 0.289 e. The first kappa shape index (κ1) is 16.4. The number of nitrogens with zero attached hydrogens (tertiary/aromatic N) is 3. The number of pyridine rings is 1. The van der Waals surface area contributed by atoms with Crippen LogP contribution in [0.4, 0.5) is 0 Å². The van der Waals surface area contributed by atoms with E-state index in [9.17, 15) is 4.79 Å². The molecule has 2 aromatic heterocycles. The number of aromatic amines is 1. The zero-order valence-corrected chi connectivity index (χ0v) is 15.0. The molecule has 2 N–H and O–H groups in total. The van der Waals surface area contributed by atoms with E-state index in [0.29, 0.717) is 11.4 Å². The molecule has 4 aromatic rings. The lowest BCUT2D eigenvalue weighted by Crippen LogP contribution is -2.18. The summed E-state index contributed by atoms with van der Waals surface area (Å²) in [5, 5.41) is 13.6. The van der Waals surface area contributed by atoms with E-state index in [1.807, 2.05) is 12.1 Å². The second-order valence-electron chi connectivity index (χ2n) is 6.73. The van der Waals surface area contributed by atoms with Gasteiger partial charge in [0.05, 0.1) is 17.6 Å². The molecule has 2 heterocycles. The highest BCUT2D eigenvalue weighted by molar-refractivity contribution is 6.02. The number of hydrogen-bond acceptors (Lipinski definition) is 4. The van der Waals surface area contributed by atoms with E-state index in [0.717, 1.165) is 24.1 Å². The summed E-state index contributed by atoms with van der Waals surface area (Å²) in [4.78, 5) is 16.5. The molecule has 0 atom stereocenters. The summed E-state index contributed by atoms with van der Waals surface area (Å²) in [6.45, 7) is 0. The lowest BCUT2D eigenvalue weighted by Gasteiger charge is -2.06. The van der Waals surface area contributed by atoms with Crippen LogP contribution in [0.15, 0.2) is 65.9 Å². The molecule has 5 rings (SSSR count). The molecule has 0 aliphatic heterocycles. The summed E-state index contributed by atoms with van der Waals surface area (Å²) in [6, 6.07) is 17.9. The van der Waals surface area contributed by atoms with Crippen molar-refractivity contribution in [3.8, 4) is 11.3 Å². The van der Waals surface area contributed by atoms with Gasteiger partial charge in [0, 0.05) is 11.8 Å². The number of aryl methyl sites for hydroxylation is 2. The van der Waals surface area contributed by atoms with Crippen molar-refractivity contribution in [2.75, 3.05) is 0 Å². The van der Waals surface area contributed by atoms with Crippen molar-refractivity contribution in [1.29, 1.82) is 0 Å². The molecule has 0 fully saturated rings.